The van der Waals surface area contributed by atoms with Gasteiger partial charge in [0.2, 0.25) is 0 Å². The molecule has 0 bridgehead atoms. The van der Waals surface area contributed by atoms with Gasteiger partial charge in [0, 0.05) is 0 Å². The molecule has 0 aromatic heterocycles. The summed E-state index contributed by atoms with van der Waals surface area (Å²) in [5.74, 6) is -0.260. The van der Waals surface area contributed by atoms with E-state index < -0.39 is 5.97 Å². The normalized spacial score (nSPS) is 32.9. The molecule has 0 amide bonds. The van der Waals surface area contributed by atoms with Crippen molar-refractivity contribution in [3.8, 4) is 0 Å². The lowest BCUT2D eigenvalue weighted by atomic mass is 9.63. The highest BCUT2D eigenvalue weighted by atomic mass is 16.4. The molecule has 2 unspecified atom stereocenters. The van der Waals surface area contributed by atoms with E-state index in [1.807, 2.05) is 0 Å². The quantitative estimate of drug-likeness (QED) is 0.728. The molecule has 3 nitrogen and oxygen atoms in total. The lowest BCUT2D eigenvalue weighted by Crippen LogP contribution is -2.39. The third-order valence-electron chi connectivity index (χ3n) is 3.84. The molecule has 3 N–H and O–H groups in total. The van der Waals surface area contributed by atoms with E-state index >= 15 is 0 Å². The molecule has 1 fully saturated rings. The molecule has 3 heteroatoms. The summed E-state index contributed by atoms with van der Waals surface area (Å²) in [5, 5.41) is 8.93. The van der Waals surface area contributed by atoms with Gasteiger partial charge in [-0.15, -0.1) is 0 Å². The van der Waals surface area contributed by atoms with Crippen molar-refractivity contribution in [3.63, 3.8) is 0 Å². The van der Waals surface area contributed by atoms with Gasteiger partial charge in [-0.05, 0) is 37.1 Å². The number of hydrogen-bond donors (Lipinski definition) is 2. The molecule has 82 valence electrons. The number of carbonyl (C=O) groups is 1. The van der Waals surface area contributed by atoms with Gasteiger partial charge in [0.25, 0.3) is 0 Å². The molecule has 14 heavy (non-hydrogen) atoms. The average molecular weight is 199 g/mol. The molecule has 0 aromatic rings. The minimum absolute atomic E-state index is 0.0150. The van der Waals surface area contributed by atoms with E-state index in [-0.39, 0.29) is 5.41 Å². The fourth-order valence-electron chi connectivity index (χ4n) is 2.87. The van der Waals surface area contributed by atoms with E-state index in [0.717, 1.165) is 25.7 Å². The number of rotatable bonds is 4. The Labute approximate surface area is 85.7 Å². The summed E-state index contributed by atoms with van der Waals surface area (Å²) in [7, 11) is 0. The van der Waals surface area contributed by atoms with Gasteiger partial charge in [-0.2, -0.15) is 0 Å². The average Bonchev–Trinajstić information content (AvgIpc) is 2.17. The highest BCUT2D eigenvalue weighted by Crippen LogP contribution is 2.46. The first-order valence-electron chi connectivity index (χ1n) is 5.56. The number of hydrogen-bond acceptors (Lipinski definition) is 2. The zero-order valence-electron chi connectivity index (χ0n) is 8.96. The molecule has 0 heterocycles. The van der Waals surface area contributed by atoms with Crippen LogP contribution in [0.2, 0.25) is 0 Å². The fourth-order valence-corrected chi connectivity index (χ4v) is 2.87. The van der Waals surface area contributed by atoms with Crippen LogP contribution in [0.1, 0.15) is 45.4 Å². The SMILES string of the molecule is CCC1(CC(=O)O)CCCCC1CN. The number of carboxylic acids is 1. The van der Waals surface area contributed by atoms with Crippen molar-refractivity contribution in [2.24, 2.45) is 17.1 Å². The van der Waals surface area contributed by atoms with Crippen LogP contribution in [0.15, 0.2) is 0 Å². The van der Waals surface area contributed by atoms with Crippen molar-refractivity contribution in [2.45, 2.75) is 45.4 Å². The molecule has 0 aliphatic heterocycles. The van der Waals surface area contributed by atoms with Crippen LogP contribution in [0.4, 0.5) is 0 Å². The molecule has 1 saturated carbocycles. The molecule has 1 aliphatic rings. The van der Waals surface area contributed by atoms with Gasteiger partial charge < -0.3 is 10.8 Å². The van der Waals surface area contributed by atoms with Crippen LogP contribution in [0.5, 0.6) is 0 Å². The molecule has 1 rings (SSSR count). The van der Waals surface area contributed by atoms with Crippen molar-refractivity contribution >= 4 is 5.97 Å². The maximum atomic E-state index is 10.9. The minimum Gasteiger partial charge on any atom is -0.481 e. The Hall–Kier alpha value is -0.570. The Morgan fingerprint density at radius 2 is 2.29 bits per heavy atom. The van der Waals surface area contributed by atoms with Crippen LogP contribution in [0, 0.1) is 11.3 Å². The largest absolute Gasteiger partial charge is 0.481 e. The zero-order chi connectivity index (χ0) is 10.6. The Morgan fingerprint density at radius 1 is 1.57 bits per heavy atom. The summed E-state index contributed by atoms with van der Waals surface area (Å²) in [4.78, 5) is 10.9. The Morgan fingerprint density at radius 3 is 2.79 bits per heavy atom. The molecule has 1 aliphatic carbocycles. The number of aliphatic carboxylic acids is 1. The topological polar surface area (TPSA) is 63.3 Å². The molecule has 2 atom stereocenters. The fraction of sp³-hybridized carbons (Fsp3) is 0.909. The van der Waals surface area contributed by atoms with Gasteiger partial charge in [0.05, 0.1) is 6.42 Å². The summed E-state index contributed by atoms with van der Waals surface area (Å²) < 4.78 is 0. The van der Waals surface area contributed by atoms with Crippen LogP contribution >= 0.6 is 0 Å². The Kier molecular flexibility index (Phi) is 3.93. The molecule has 0 radical (unpaired) electrons. The first-order valence-corrected chi connectivity index (χ1v) is 5.56. The molecule has 0 saturated heterocycles. The van der Waals surface area contributed by atoms with E-state index in [4.69, 9.17) is 10.8 Å². The Bertz CT molecular complexity index is 205. The summed E-state index contributed by atoms with van der Waals surface area (Å²) >= 11 is 0. The molecular formula is C11H21NO2. The van der Waals surface area contributed by atoms with Gasteiger partial charge in [-0.3, -0.25) is 4.79 Å². The van der Waals surface area contributed by atoms with Crippen LogP contribution in [-0.2, 0) is 4.79 Å². The highest BCUT2D eigenvalue weighted by Gasteiger charge is 2.39. The van der Waals surface area contributed by atoms with Crippen molar-refractivity contribution in [2.75, 3.05) is 6.54 Å². The monoisotopic (exact) mass is 199 g/mol. The van der Waals surface area contributed by atoms with Gasteiger partial charge >= 0.3 is 5.97 Å². The summed E-state index contributed by atoms with van der Waals surface area (Å²) in [6, 6.07) is 0. The van der Waals surface area contributed by atoms with E-state index in [1.165, 1.54) is 6.42 Å². The smallest absolute Gasteiger partial charge is 0.303 e. The predicted molar refractivity (Wildman–Crippen MR) is 56.0 cm³/mol. The second kappa shape index (κ2) is 4.78. The van der Waals surface area contributed by atoms with Gasteiger partial charge in [0.15, 0.2) is 0 Å². The van der Waals surface area contributed by atoms with Crippen LogP contribution < -0.4 is 5.73 Å². The van der Waals surface area contributed by atoms with Crippen molar-refractivity contribution in [1.82, 2.24) is 0 Å². The summed E-state index contributed by atoms with van der Waals surface area (Å²) in [6.07, 6.45) is 5.77. The standard InChI is InChI=1S/C11H21NO2/c1-2-11(7-10(13)14)6-4-3-5-9(11)8-12/h9H,2-8,12H2,1H3,(H,13,14). The van der Waals surface area contributed by atoms with Crippen molar-refractivity contribution in [3.05, 3.63) is 0 Å². The highest BCUT2D eigenvalue weighted by molar-refractivity contribution is 5.67. The van der Waals surface area contributed by atoms with E-state index in [1.54, 1.807) is 0 Å². The Balaban J connectivity index is 2.75. The van der Waals surface area contributed by atoms with Crippen LogP contribution in [0.3, 0.4) is 0 Å². The first-order chi connectivity index (χ1) is 6.64. The first kappa shape index (κ1) is 11.5. The summed E-state index contributed by atoms with van der Waals surface area (Å²) in [6.45, 7) is 2.73. The van der Waals surface area contributed by atoms with Gasteiger partial charge in [-0.25, -0.2) is 0 Å². The van der Waals surface area contributed by atoms with E-state index in [9.17, 15) is 4.79 Å². The van der Waals surface area contributed by atoms with Crippen molar-refractivity contribution < 1.29 is 9.90 Å². The maximum Gasteiger partial charge on any atom is 0.303 e. The van der Waals surface area contributed by atoms with E-state index in [2.05, 4.69) is 6.92 Å². The third-order valence-corrected chi connectivity index (χ3v) is 3.84. The lowest BCUT2D eigenvalue weighted by molar-refractivity contribution is -0.141. The van der Waals surface area contributed by atoms with Gasteiger partial charge in [0.1, 0.15) is 0 Å². The molecule has 0 aromatic carbocycles. The number of nitrogens with two attached hydrogens (primary N) is 1. The molecule has 0 spiro atoms. The third kappa shape index (κ3) is 2.27. The zero-order valence-corrected chi connectivity index (χ0v) is 8.96. The van der Waals surface area contributed by atoms with Gasteiger partial charge in [-0.1, -0.05) is 19.8 Å². The second-order valence-electron chi connectivity index (χ2n) is 4.46. The minimum atomic E-state index is -0.674. The second-order valence-corrected chi connectivity index (χ2v) is 4.46. The molecular weight excluding hydrogens is 178 g/mol. The predicted octanol–water partition coefficient (Wildman–Crippen LogP) is 2.01. The van der Waals surface area contributed by atoms with Crippen LogP contribution in [0.25, 0.3) is 0 Å². The van der Waals surface area contributed by atoms with E-state index in [0.29, 0.717) is 18.9 Å². The lowest BCUT2D eigenvalue weighted by Gasteiger charge is -2.42. The number of carboxylic acid groups (broad SMARTS) is 1. The van der Waals surface area contributed by atoms with Crippen LogP contribution in [-0.4, -0.2) is 17.6 Å². The van der Waals surface area contributed by atoms with Crippen molar-refractivity contribution in [1.29, 1.82) is 0 Å². The maximum absolute atomic E-state index is 10.9. The summed E-state index contributed by atoms with van der Waals surface area (Å²) in [5.41, 5.74) is 5.72.